The van der Waals surface area contributed by atoms with E-state index in [2.05, 4.69) is 4.98 Å². The van der Waals surface area contributed by atoms with E-state index in [1.54, 1.807) is 36.7 Å². The average Bonchev–Trinajstić information content (AvgIpc) is 2.31. The molecule has 76 valence electrons. The summed E-state index contributed by atoms with van der Waals surface area (Å²) >= 11 is 0. The number of aliphatic hydroxyl groups is 1. The van der Waals surface area contributed by atoms with Crippen LogP contribution in [0.4, 0.5) is 4.39 Å². The van der Waals surface area contributed by atoms with Crippen molar-refractivity contribution in [3.63, 3.8) is 0 Å². The van der Waals surface area contributed by atoms with Gasteiger partial charge in [0.05, 0.1) is 6.61 Å². The summed E-state index contributed by atoms with van der Waals surface area (Å²) in [5.41, 5.74) is 1.87. The van der Waals surface area contributed by atoms with Crippen molar-refractivity contribution in [3.8, 4) is 11.1 Å². The minimum atomic E-state index is -0.305. The van der Waals surface area contributed by atoms with Crippen LogP contribution in [-0.4, -0.2) is 10.1 Å². The summed E-state index contributed by atoms with van der Waals surface area (Å²) in [6.07, 6.45) is 3.23. The van der Waals surface area contributed by atoms with E-state index in [0.717, 1.165) is 0 Å². The molecule has 0 aliphatic heterocycles. The van der Waals surface area contributed by atoms with E-state index < -0.39 is 0 Å². The highest BCUT2D eigenvalue weighted by atomic mass is 19.1. The Labute approximate surface area is 87.0 Å². The molecule has 0 saturated carbocycles. The van der Waals surface area contributed by atoms with Gasteiger partial charge in [-0.1, -0.05) is 12.1 Å². The quantitative estimate of drug-likeness (QED) is 0.812. The SMILES string of the molecule is OCc1ccc(F)c(-c2cccnc2)c1. The number of aliphatic hydroxyl groups excluding tert-OH is 1. The highest BCUT2D eigenvalue weighted by molar-refractivity contribution is 5.63. The Bertz CT molecular complexity index is 456. The first-order chi connectivity index (χ1) is 7.31. The van der Waals surface area contributed by atoms with Crippen LogP contribution in [0.2, 0.25) is 0 Å². The van der Waals surface area contributed by atoms with Crippen molar-refractivity contribution in [1.82, 2.24) is 4.98 Å². The minimum absolute atomic E-state index is 0.0897. The van der Waals surface area contributed by atoms with E-state index in [1.165, 1.54) is 6.07 Å². The third kappa shape index (κ3) is 2.02. The average molecular weight is 203 g/mol. The van der Waals surface area contributed by atoms with E-state index in [4.69, 9.17) is 5.11 Å². The molecule has 1 aromatic carbocycles. The molecule has 1 N–H and O–H groups in total. The molecule has 2 aromatic rings. The monoisotopic (exact) mass is 203 g/mol. The Morgan fingerprint density at radius 3 is 2.80 bits per heavy atom. The molecule has 2 rings (SSSR count). The molecule has 0 aliphatic rings. The van der Waals surface area contributed by atoms with E-state index in [9.17, 15) is 4.39 Å². The number of benzene rings is 1. The smallest absolute Gasteiger partial charge is 0.131 e. The van der Waals surface area contributed by atoms with Crippen LogP contribution >= 0.6 is 0 Å². The lowest BCUT2D eigenvalue weighted by atomic mass is 10.0. The number of pyridine rings is 1. The number of nitrogens with zero attached hydrogens (tertiary/aromatic N) is 1. The van der Waals surface area contributed by atoms with Crippen LogP contribution in [-0.2, 0) is 6.61 Å². The molecule has 0 fully saturated rings. The molecular weight excluding hydrogens is 193 g/mol. The van der Waals surface area contributed by atoms with E-state index in [-0.39, 0.29) is 12.4 Å². The van der Waals surface area contributed by atoms with Crippen molar-refractivity contribution in [1.29, 1.82) is 0 Å². The topological polar surface area (TPSA) is 33.1 Å². The summed E-state index contributed by atoms with van der Waals surface area (Å²) in [7, 11) is 0. The van der Waals surface area contributed by atoms with Crippen molar-refractivity contribution < 1.29 is 9.50 Å². The molecule has 0 saturated heterocycles. The maximum Gasteiger partial charge on any atom is 0.131 e. The second-order valence-electron chi connectivity index (χ2n) is 3.21. The largest absolute Gasteiger partial charge is 0.392 e. The maximum absolute atomic E-state index is 13.5. The molecular formula is C12H10FNO. The van der Waals surface area contributed by atoms with E-state index in [1.807, 2.05) is 0 Å². The van der Waals surface area contributed by atoms with Gasteiger partial charge >= 0.3 is 0 Å². The van der Waals surface area contributed by atoms with Crippen LogP contribution in [0.3, 0.4) is 0 Å². The summed E-state index contributed by atoms with van der Waals surface area (Å²) in [5.74, 6) is -0.305. The molecule has 1 aromatic heterocycles. The Balaban J connectivity index is 2.52. The van der Waals surface area contributed by atoms with Crippen LogP contribution < -0.4 is 0 Å². The van der Waals surface area contributed by atoms with Crippen molar-refractivity contribution in [2.24, 2.45) is 0 Å². The predicted octanol–water partition coefficient (Wildman–Crippen LogP) is 2.38. The molecule has 0 bridgehead atoms. The highest BCUT2D eigenvalue weighted by Gasteiger charge is 2.05. The molecule has 0 radical (unpaired) electrons. The van der Waals surface area contributed by atoms with Gasteiger partial charge in [-0.3, -0.25) is 4.98 Å². The van der Waals surface area contributed by atoms with Gasteiger partial charge in [-0.25, -0.2) is 4.39 Å². The Morgan fingerprint density at radius 1 is 1.27 bits per heavy atom. The molecule has 0 unspecified atom stereocenters. The van der Waals surface area contributed by atoms with Crippen molar-refractivity contribution in [2.75, 3.05) is 0 Å². The van der Waals surface area contributed by atoms with Gasteiger partial charge in [0.25, 0.3) is 0 Å². The zero-order chi connectivity index (χ0) is 10.7. The zero-order valence-corrected chi connectivity index (χ0v) is 8.02. The maximum atomic E-state index is 13.5. The number of halogens is 1. The Morgan fingerprint density at radius 2 is 2.13 bits per heavy atom. The van der Waals surface area contributed by atoms with Crippen molar-refractivity contribution in [3.05, 3.63) is 54.1 Å². The van der Waals surface area contributed by atoms with E-state index >= 15 is 0 Å². The summed E-state index contributed by atoms with van der Waals surface area (Å²) in [6.45, 7) is -0.0897. The van der Waals surface area contributed by atoms with Gasteiger partial charge in [0.2, 0.25) is 0 Å². The lowest BCUT2D eigenvalue weighted by Crippen LogP contribution is -1.89. The first-order valence-electron chi connectivity index (χ1n) is 4.61. The van der Waals surface area contributed by atoms with Crippen LogP contribution in [0.1, 0.15) is 5.56 Å². The van der Waals surface area contributed by atoms with Gasteiger partial charge in [-0.15, -0.1) is 0 Å². The van der Waals surface area contributed by atoms with Gasteiger partial charge in [-0.05, 0) is 23.8 Å². The number of hydrogen-bond acceptors (Lipinski definition) is 2. The number of aromatic nitrogens is 1. The van der Waals surface area contributed by atoms with Crippen LogP contribution in [0.25, 0.3) is 11.1 Å². The number of hydrogen-bond donors (Lipinski definition) is 1. The number of rotatable bonds is 2. The Hall–Kier alpha value is -1.74. The molecule has 0 aliphatic carbocycles. The summed E-state index contributed by atoms with van der Waals surface area (Å²) in [5, 5.41) is 8.96. The highest BCUT2D eigenvalue weighted by Crippen LogP contribution is 2.22. The van der Waals surface area contributed by atoms with Gasteiger partial charge in [0.1, 0.15) is 5.82 Å². The van der Waals surface area contributed by atoms with E-state index in [0.29, 0.717) is 16.7 Å². The molecule has 0 atom stereocenters. The van der Waals surface area contributed by atoms with Gasteiger partial charge in [0.15, 0.2) is 0 Å². The van der Waals surface area contributed by atoms with Gasteiger partial charge in [0, 0.05) is 23.5 Å². The van der Waals surface area contributed by atoms with Crippen molar-refractivity contribution in [2.45, 2.75) is 6.61 Å². The minimum Gasteiger partial charge on any atom is -0.392 e. The molecule has 2 nitrogen and oxygen atoms in total. The molecule has 0 amide bonds. The second-order valence-corrected chi connectivity index (χ2v) is 3.21. The fourth-order valence-electron chi connectivity index (χ4n) is 1.41. The van der Waals surface area contributed by atoms with Crippen LogP contribution in [0, 0.1) is 5.82 Å². The second kappa shape index (κ2) is 4.19. The first-order valence-corrected chi connectivity index (χ1v) is 4.61. The summed E-state index contributed by atoms with van der Waals surface area (Å²) < 4.78 is 13.5. The standard InChI is InChI=1S/C12H10FNO/c13-12-4-3-9(8-15)6-11(12)10-2-1-5-14-7-10/h1-7,15H,8H2. The lowest BCUT2D eigenvalue weighted by molar-refractivity contribution is 0.282. The fourth-order valence-corrected chi connectivity index (χ4v) is 1.41. The van der Waals surface area contributed by atoms with Crippen LogP contribution in [0.15, 0.2) is 42.7 Å². The molecule has 0 spiro atoms. The first kappa shape index (κ1) is 9.80. The van der Waals surface area contributed by atoms with Crippen molar-refractivity contribution >= 4 is 0 Å². The third-order valence-electron chi connectivity index (χ3n) is 2.19. The normalized spacial score (nSPS) is 10.3. The summed E-state index contributed by atoms with van der Waals surface area (Å²) in [4.78, 5) is 3.93. The van der Waals surface area contributed by atoms with Crippen LogP contribution in [0.5, 0.6) is 0 Å². The fraction of sp³-hybridized carbons (Fsp3) is 0.0833. The molecule has 1 heterocycles. The molecule has 3 heteroatoms. The van der Waals surface area contributed by atoms with Gasteiger partial charge < -0.3 is 5.11 Å². The third-order valence-corrected chi connectivity index (χ3v) is 2.19. The zero-order valence-electron chi connectivity index (χ0n) is 8.02. The Kier molecular flexibility index (Phi) is 2.74. The summed E-state index contributed by atoms with van der Waals surface area (Å²) in [6, 6.07) is 8.09. The molecule has 15 heavy (non-hydrogen) atoms. The van der Waals surface area contributed by atoms with Gasteiger partial charge in [-0.2, -0.15) is 0 Å². The lowest BCUT2D eigenvalue weighted by Gasteiger charge is -2.04. The predicted molar refractivity (Wildman–Crippen MR) is 55.6 cm³/mol.